The molecule has 32 heavy (non-hydrogen) atoms. The molecule has 5 rings (SSSR count). The number of para-hydroxylation sites is 2. The van der Waals surface area contributed by atoms with E-state index >= 15 is 0 Å². The number of hydroxylamine groups is 2. The van der Waals surface area contributed by atoms with E-state index in [2.05, 4.69) is 40.5 Å². The lowest BCUT2D eigenvalue weighted by Gasteiger charge is -2.52. The number of nitrogens with zero attached hydrogens (tertiary/aromatic N) is 2. The lowest BCUT2D eigenvalue weighted by molar-refractivity contribution is 0.0221. The molecule has 2 heterocycles. The van der Waals surface area contributed by atoms with E-state index < -0.39 is 0 Å². The topological polar surface area (TPSA) is 38.3 Å². The molecular weight excluding hydrogens is 394 g/mol. The van der Waals surface area contributed by atoms with Crippen molar-refractivity contribution < 1.29 is 0 Å². The number of quaternary nitrogens is 1. The van der Waals surface area contributed by atoms with Gasteiger partial charge >= 0.3 is 0 Å². The molecule has 0 bridgehead atoms. The Morgan fingerprint density at radius 1 is 0.781 bits per heavy atom. The number of hydrogen-bond donors (Lipinski definition) is 1. The van der Waals surface area contributed by atoms with Gasteiger partial charge in [-0.05, 0) is 24.5 Å². The molecule has 1 aliphatic carbocycles. The third-order valence-corrected chi connectivity index (χ3v) is 8.47. The van der Waals surface area contributed by atoms with Crippen molar-refractivity contribution in [1.29, 1.82) is 0 Å². The van der Waals surface area contributed by atoms with Crippen LogP contribution in [-0.2, 0) is 5.54 Å². The minimum absolute atomic E-state index is 0.137. The van der Waals surface area contributed by atoms with Gasteiger partial charge in [-0.15, -0.1) is 0 Å². The summed E-state index contributed by atoms with van der Waals surface area (Å²) in [6.07, 6.45) is 14.0. The van der Waals surface area contributed by atoms with E-state index in [0.29, 0.717) is 6.67 Å². The highest BCUT2D eigenvalue weighted by Gasteiger charge is 2.44. The number of fused-ring (bicyclic) bond motifs is 1. The molecule has 0 radical (unpaired) electrons. The molecule has 0 spiro atoms. The summed E-state index contributed by atoms with van der Waals surface area (Å²) in [4.78, 5) is 2.78. The summed E-state index contributed by atoms with van der Waals surface area (Å²) in [6.45, 7) is 2.54. The predicted molar refractivity (Wildman–Crippen MR) is 134 cm³/mol. The molecule has 1 atom stereocenters. The maximum absolute atomic E-state index is 14.0. The Balaban J connectivity index is 1.37. The number of rotatable bonds is 3. The van der Waals surface area contributed by atoms with Crippen molar-refractivity contribution in [2.24, 2.45) is 0 Å². The quantitative estimate of drug-likeness (QED) is 0.429. The SMILES string of the molecule is [O-][N+]1(C2CCN(C3(c4ccccc4)CCCCCCCCC3)CC2)CNc2ccccc21. The van der Waals surface area contributed by atoms with Crippen LogP contribution in [0.15, 0.2) is 54.6 Å². The van der Waals surface area contributed by atoms with Crippen molar-refractivity contribution in [3.63, 3.8) is 0 Å². The minimum Gasteiger partial charge on any atom is -0.626 e. The summed E-state index contributed by atoms with van der Waals surface area (Å²) in [7, 11) is 0. The first-order valence-electron chi connectivity index (χ1n) is 13.0. The van der Waals surface area contributed by atoms with Gasteiger partial charge in [0.05, 0.1) is 6.04 Å². The maximum atomic E-state index is 14.0. The molecule has 2 aromatic rings. The lowest BCUT2D eigenvalue weighted by Crippen LogP contribution is -2.58. The standard InChI is InChI=1S/C28H39N3O/c32-31(23-29-26-15-9-10-16-27(26)31)25-17-21-30(22-18-25)28(24-13-7-6-8-14-24)19-11-4-2-1-3-5-12-20-28/h6-10,13-16,25,29H,1-5,11-12,17-23H2. The normalized spacial score (nSPS) is 27.4. The number of anilines is 1. The summed E-state index contributed by atoms with van der Waals surface area (Å²) in [5, 5.41) is 17.3. The molecule has 172 valence electrons. The zero-order chi connectivity index (χ0) is 21.9. The fourth-order valence-electron chi connectivity index (χ4n) is 6.66. The molecule has 2 aromatic carbocycles. The van der Waals surface area contributed by atoms with Crippen molar-refractivity contribution in [3.05, 3.63) is 65.4 Å². The summed E-state index contributed by atoms with van der Waals surface area (Å²) >= 11 is 0. The smallest absolute Gasteiger partial charge is 0.158 e. The highest BCUT2D eigenvalue weighted by Crippen LogP contribution is 2.45. The van der Waals surface area contributed by atoms with Crippen molar-refractivity contribution in [2.45, 2.75) is 82.2 Å². The van der Waals surface area contributed by atoms with Gasteiger partial charge in [0.15, 0.2) is 12.4 Å². The highest BCUT2D eigenvalue weighted by molar-refractivity contribution is 5.72. The fraction of sp³-hybridized carbons (Fsp3) is 0.571. The van der Waals surface area contributed by atoms with Crippen molar-refractivity contribution >= 4 is 11.4 Å². The van der Waals surface area contributed by atoms with Crippen LogP contribution in [0.25, 0.3) is 0 Å². The molecule has 4 heteroatoms. The zero-order valence-electron chi connectivity index (χ0n) is 19.5. The van der Waals surface area contributed by atoms with Gasteiger partial charge in [-0.3, -0.25) is 4.90 Å². The molecule has 1 N–H and O–H groups in total. The predicted octanol–water partition coefficient (Wildman–Crippen LogP) is 6.76. The van der Waals surface area contributed by atoms with Crippen LogP contribution in [0.1, 0.15) is 76.2 Å². The van der Waals surface area contributed by atoms with Crippen LogP contribution >= 0.6 is 0 Å². The Bertz CT molecular complexity index is 867. The molecule has 1 saturated heterocycles. The molecule has 0 amide bonds. The molecular formula is C28H39N3O. The van der Waals surface area contributed by atoms with Crippen LogP contribution in [-0.4, -0.2) is 30.7 Å². The van der Waals surface area contributed by atoms with Crippen LogP contribution in [0, 0.1) is 5.21 Å². The number of nitrogens with one attached hydrogen (secondary N) is 1. The van der Waals surface area contributed by atoms with Crippen molar-refractivity contribution in [2.75, 3.05) is 25.1 Å². The van der Waals surface area contributed by atoms with Gasteiger partial charge in [0.1, 0.15) is 5.69 Å². The van der Waals surface area contributed by atoms with Gasteiger partial charge in [-0.1, -0.05) is 87.4 Å². The highest BCUT2D eigenvalue weighted by atomic mass is 16.6. The molecule has 2 aliphatic heterocycles. The summed E-state index contributed by atoms with van der Waals surface area (Å²) in [6, 6.07) is 19.6. The van der Waals surface area contributed by atoms with E-state index in [1.165, 1.54) is 63.4 Å². The average Bonchev–Trinajstić information content (AvgIpc) is 3.21. The monoisotopic (exact) mass is 433 g/mol. The molecule has 0 aromatic heterocycles. The first-order chi connectivity index (χ1) is 15.7. The second kappa shape index (κ2) is 9.54. The van der Waals surface area contributed by atoms with E-state index in [9.17, 15) is 5.21 Å². The summed E-state index contributed by atoms with van der Waals surface area (Å²) in [5.41, 5.74) is 3.59. The second-order valence-electron chi connectivity index (χ2n) is 10.2. The zero-order valence-corrected chi connectivity index (χ0v) is 19.5. The van der Waals surface area contributed by atoms with Gasteiger partial charge in [0.25, 0.3) is 0 Å². The number of hydrogen-bond acceptors (Lipinski definition) is 3. The van der Waals surface area contributed by atoms with Gasteiger partial charge in [0, 0.05) is 37.5 Å². The second-order valence-corrected chi connectivity index (χ2v) is 10.2. The molecule has 4 nitrogen and oxygen atoms in total. The fourth-order valence-corrected chi connectivity index (χ4v) is 6.66. The van der Waals surface area contributed by atoms with Gasteiger partial charge in [0.2, 0.25) is 0 Å². The number of piperidine rings is 1. The minimum atomic E-state index is -0.192. The van der Waals surface area contributed by atoms with Gasteiger partial charge in [-0.2, -0.15) is 0 Å². The van der Waals surface area contributed by atoms with Crippen molar-refractivity contribution in [3.8, 4) is 0 Å². The Morgan fingerprint density at radius 3 is 2.06 bits per heavy atom. The van der Waals surface area contributed by atoms with E-state index in [4.69, 9.17) is 0 Å². The van der Waals surface area contributed by atoms with Gasteiger partial charge in [-0.25, -0.2) is 0 Å². The molecule has 3 aliphatic rings. The van der Waals surface area contributed by atoms with E-state index in [1.54, 1.807) is 0 Å². The van der Waals surface area contributed by atoms with E-state index in [0.717, 1.165) is 37.3 Å². The summed E-state index contributed by atoms with van der Waals surface area (Å²) < 4.78 is -0.192. The van der Waals surface area contributed by atoms with Crippen LogP contribution < -0.4 is 9.96 Å². The summed E-state index contributed by atoms with van der Waals surface area (Å²) in [5.74, 6) is 0. The number of likely N-dealkylation sites (tertiary alicyclic amines) is 1. The third kappa shape index (κ3) is 4.09. The lowest BCUT2D eigenvalue weighted by atomic mass is 9.77. The molecule has 1 saturated carbocycles. The van der Waals surface area contributed by atoms with Crippen LogP contribution in [0.2, 0.25) is 0 Å². The van der Waals surface area contributed by atoms with Crippen molar-refractivity contribution in [1.82, 2.24) is 9.55 Å². The van der Waals surface area contributed by atoms with E-state index in [-0.39, 0.29) is 16.2 Å². The Labute approximate surface area is 193 Å². The Morgan fingerprint density at radius 2 is 1.38 bits per heavy atom. The Kier molecular flexibility index (Phi) is 6.54. The first-order valence-corrected chi connectivity index (χ1v) is 13.0. The van der Waals surface area contributed by atoms with Crippen LogP contribution in [0.5, 0.6) is 0 Å². The number of benzene rings is 2. The van der Waals surface area contributed by atoms with Gasteiger partial charge < -0.3 is 15.2 Å². The van der Waals surface area contributed by atoms with Crippen LogP contribution in [0.3, 0.4) is 0 Å². The van der Waals surface area contributed by atoms with Crippen LogP contribution in [0.4, 0.5) is 11.4 Å². The first kappa shape index (κ1) is 21.9. The van der Waals surface area contributed by atoms with E-state index in [1.807, 2.05) is 24.3 Å². The third-order valence-electron chi connectivity index (χ3n) is 8.47. The average molecular weight is 434 g/mol. The maximum Gasteiger partial charge on any atom is 0.158 e. The largest absolute Gasteiger partial charge is 0.626 e. The molecule has 2 fully saturated rings. The molecule has 1 unspecified atom stereocenters. The Hall–Kier alpha value is -1.88.